The highest BCUT2D eigenvalue weighted by Crippen LogP contribution is 2.38. The topological polar surface area (TPSA) is 86.3 Å². The predicted octanol–water partition coefficient (Wildman–Crippen LogP) is 3.30. The third-order valence-corrected chi connectivity index (χ3v) is 5.89. The van der Waals surface area contributed by atoms with E-state index in [1.54, 1.807) is 12.4 Å². The lowest BCUT2D eigenvalue weighted by Crippen LogP contribution is -2.43. The van der Waals surface area contributed by atoms with Crippen molar-refractivity contribution in [3.63, 3.8) is 0 Å². The number of imidazole rings is 1. The van der Waals surface area contributed by atoms with Gasteiger partial charge in [0, 0.05) is 49.7 Å². The van der Waals surface area contributed by atoms with Gasteiger partial charge in [-0.3, -0.25) is 9.88 Å². The minimum atomic E-state index is -0.207. The van der Waals surface area contributed by atoms with Gasteiger partial charge in [-0.25, -0.2) is 4.98 Å². The van der Waals surface area contributed by atoms with E-state index in [0.717, 1.165) is 79.5 Å². The molecule has 2 aromatic heterocycles. The number of nitrogens with one attached hydrogen (secondary N) is 2. The minimum Gasteiger partial charge on any atom is -0.340 e. The van der Waals surface area contributed by atoms with Crippen molar-refractivity contribution in [3.05, 3.63) is 64.6 Å². The van der Waals surface area contributed by atoms with Crippen LogP contribution in [0.15, 0.2) is 47.9 Å². The summed E-state index contributed by atoms with van der Waals surface area (Å²) in [5, 5.41) is 6.67. The van der Waals surface area contributed by atoms with Crippen molar-refractivity contribution >= 4 is 0 Å². The highest BCUT2D eigenvalue weighted by molar-refractivity contribution is 5.79. The van der Waals surface area contributed by atoms with Crippen molar-refractivity contribution in [2.75, 3.05) is 26.2 Å². The molecule has 148 valence electrons. The van der Waals surface area contributed by atoms with Crippen LogP contribution in [0.5, 0.6) is 0 Å². The third-order valence-electron chi connectivity index (χ3n) is 5.89. The standard InChI is InChI=1S/C22H24N6O/c29-27-19-4-2-16-13-17(1-3-18(16)19)22-21(15-5-7-23-8-6-15)25-20(26-22)14-28-11-9-24-10-12-28/h1,3,5-8,13,19,24H,2,4,9-12,14H2,(H,25,26). The second-order valence-electron chi connectivity index (χ2n) is 7.74. The van der Waals surface area contributed by atoms with Crippen LogP contribution < -0.4 is 5.32 Å². The molecule has 0 bridgehead atoms. The first-order valence-electron chi connectivity index (χ1n) is 10.2. The smallest absolute Gasteiger partial charge is 0.121 e. The first-order valence-corrected chi connectivity index (χ1v) is 10.2. The van der Waals surface area contributed by atoms with Gasteiger partial charge < -0.3 is 10.3 Å². The van der Waals surface area contributed by atoms with E-state index >= 15 is 0 Å². The molecule has 0 radical (unpaired) electrons. The molecule has 29 heavy (non-hydrogen) atoms. The number of benzene rings is 1. The Morgan fingerprint density at radius 1 is 1.10 bits per heavy atom. The van der Waals surface area contributed by atoms with Gasteiger partial charge in [0.25, 0.3) is 0 Å². The Morgan fingerprint density at radius 3 is 2.72 bits per heavy atom. The Kier molecular flexibility index (Phi) is 4.91. The maximum absolute atomic E-state index is 11.1. The lowest BCUT2D eigenvalue weighted by Gasteiger charge is -2.26. The summed E-state index contributed by atoms with van der Waals surface area (Å²) in [6, 6.07) is 10.1. The SMILES string of the molecule is O=NC1CCc2cc(-c3nc(CN4CCNCC4)[nH]c3-c3ccncc3)ccc21. The van der Waals surface area contributed by atoms with Crippen molar-refractivity contribution in [2.24, 2.45) is 5.18 Å². The van der Waals surface area contributed by atoms with Crippen LogP contribution >= 0.6 is 0 Å². The van der Waals surface area contributed by atoms with Crippen molar-refractivity contribution in [3.8, 4) is 22.5 Å². The van der Waals surface area contributed by atoms with E-state index in [2.05, 4.69) is 37.5 Å². The number of nitroso groups, excluding NO2 is 1. The number of piperazine rings is 1. The largest absolute Gasteiger partial charge is 0.340 e. The fourth-order valence-electron chi connectivity index (χ4n) is 4.37. The highest BCUT2D eigenvalue weighted by atomic mass is 16.3. The van der Waals surface area contributed by atoms with Crippen LogP contribution in [0.2, 0.25) is 0 Å². The second-order valence-corrected chi connectivity index (χ2v) is 7.74. The molecule has 0 saturated carbocycles. The fourth-order valence-corrected chi connectivity index (χ4v) is 4.37. The van der Waals surface area contributed by atoms with Crippen molar-refractivity contribution in [1.29, 1.82) is 0 Å². The number of pyridine rings is 1. The maximum atomic E-state index is 11.1. The summed E-state index contributed by atoms with van der Waals surface area (Å²) in [5.74, 6) is 0.974. The van der Waals surface area contributed by atoms with E-state index in [1.165, 1.54) is 5.56 Å². The van der Waals surface area contributed by atoms with Gasteiger partial charge in [-0.1, -0.05) is 17.3 Å². The molecule has 1 aliphatic carbocycles. The third kappa shape index (κ3) is 3.59. The predicted molar refractivity (Wildman–Crippen MR) is 112 cm³/mol. The Morgan fingerprint density at radius 2 is 1.93 bits per heavy atom. The van der Waals surface area contributed by atoms with Crippen LogP contribution in [-0.4, -0.2) is 46.0 Å². The van der Waals surface area contributed by atoms with Gasteiger partial charge >= 0.3 is 0 Å². The van der Waals surface area contributed by atoms with Crippen molar-refractivity contribution < 1.29 is 0 Å². The Balaban J connectivity index is 1.53. The van der Waals surface area contributed by atoms with E-state index in [1.807, 2.05) is 18.2 Å². The first-order chi connectivity index (χ1) is 14.3. The number of nitrogens with zero attached hydrogens (tertiary/aromatic N) is 4. The number of H-pyrrole nitrogens is 1. The molecule has 1 unspecified atom stereocenters. The molecule has 2 N–H and O–H groups in total. The highest BCUT2D eigenvalue weighted by Gasteiger charge is 2.25. The van der Waals surface area contributed by atoms with Gasteiger partial charge in [0.15, 0.2) is 0 Å². The molecule has 1 aliphatic heterocycles. The summed E-state index contributed by atoms with van der Waals surface area (Å²) in [6.45, 7) is 4.89. The van der Waals surface area contributed by atoms with Crippen LogP contribution in [0, 0.1) is 4.91 Å². The quantitative estimate of drug-likeness (QED) is 0.655. The summed E-state index contributed by atoms with van der Waals surface area (Å²) in [5.41, 5.74) is 6.38. The van der Waals surface area contributed by atoms with E-state index < -0.39 is 0 Å². The molecule has 2 aliphatic rings. The average molecular weight is 388 g/mol. The summed E-state index contributed by atoms with van der Waals surface area (Å²) in [4.78, 5) is 26.2. The number of aryl methyl sites for hydroxylation is 1. The monoisotopic (exact) mass is 388 g/mol. The molecule has 7 heteroatoms. The number of aromatic nitrogens is 3. The van der Waals surface area contributed by atoms with Gasteiger partial charge in [-0.05, 0) is 42.2 Å². The van der Waals surface area contributed by atoms with Gasteiger partial charge in [0.2, 0.25) is 0 Å². The Labute approximate surface area is 169 Å². The van der Waals surface area contributed by atoms with Crippen molar-refractivity contribution in [1.82, 2.24) is 25.2 Å². The van der Waals surface area contributed by atoms with E-state index in [0.29, 0.717) is 0 Å². The molecule has 1 atom stereocenters. The zero-order chi connectivity index (χ0) is 19.6. The lowest BCUT2D eigenvalue weighted by atomic mass is 10.0. The van der Waals surface area contributed by atoms with Gasteiger partial charge in [-0.15, -0.1) is 0 Å². The van der Waals surface area contributed by atoms with Crippen molar-refractivity contribution in [2.45, 2.75) is 25.4 Å². The number of hydrogen-bond donors (Lipinski definition) is 2. The number of fused-ring (bicyclic) bond motifs is 1. The first kappa shape index (κ1) is 18.1. The minimum absolute atomic E-state index is 0.207. The zero-order valence-corrected chi connectivity index (χ0v) is 16.3. The molecule has 1 fully saturated rings. The normalized spacial score (nSPS) is 19.2. The van der Waals surface area contributed by atoms with Gasteiger partial charge in [0.1, 0.15) is 11.9 Å². The average Bonchev–Trinajstić information content (AvgIpc) is 3.38. The zero-order valence-electron chi connectivity index (χ0n) is 16.3. The number of hydrogen-bond acceptors (Lipinski definition) is 6. The molecule has 1 aromatic carbocycles. The van der Waals surface area contributed by atoms with Crippen LogP contribution in [-0.2, 0) is 13.0 Å². The van der Waals surface area contributed by atoms with Crippen LogP contribution in [0.4, 0.5) is 0 Å². The lowest BCUT2D eigenvalue weighted by molar-refractivity contribution is 0.228. The molecule has 3 heterocycles. The van der Waals surface area contributed by atoms with E-state index in [-0.39, 0.29) is 6.04 Å². The Hall–Kier alpha value is -2.90. The second kappa shape index (κ2) is 7.85. The summed E-state index contributed by atoms with van der Waals surface area (Å²) in [6.07, 6.45) is 5.30. The molecule has 7 nitrogen and oxygen atoms in total. The molecule has 5 rings (SSSR count). The summed E-state index contributed by atoms with van der Waals surface area (Å²) in [7, 11) is 0. The maximum Gasteiger partial charge on any atom is 0.121 e. The molecule has 0 spiro atoms. The molecular weight excluding hydrogens is 364 g/mol. The summed E-state index contributed by atoms with van der Waals surface area (Å²) < 4.78 is 0. The van der Waals surface area contributed by atoms with Gasteiger partial charge in [0.05, 0.1) is 17.9 Å². The molecule has 0 amide bonds. The van der Waals surface area contributed by atoms with Crippen LogP contribution in [0.3, 0.4) is 0 Å². The van der Waals surface area contributed by atoms with E-state index in [4.69, 9.17) is 4.98 Å². The molecular formula is C22H24N6O. The number of aromatic amines is 1. The fraction of sp³-hybridized carbons (Fsp3) is 0.364. The van der Waals surface area contributed by atoms with Gasteiger partial charge in [-0.2, -0.15) is 4.91 Å². The molecule has 3 aromatic rings. The van der Waals surface area contributed by atoms with Crippen LogP contribution in [0.1, 0.15) is 29.4 Å². The number of rotatable bonds is 5. The summed E-state index contributed by atoms with van der Waals surface area (Å²) >= 11 is 0. The Bertz CT molecular complexity index is 1010. The van der Waals surface area contributed by atoms with Crippen LogP contribution in [0.25, 0.3) is 22.5 Å². The van der Waals surface area contributed by atoms with E-state index in [9.17, 15) is 4.91 Å². The molecule has 1 saturated heterocycles.